The molecule has 1 rings (SSSR count). The van der Waals surface area contributed by atoms with Crippen LogP contribution in [0.3, 0.4) is 0 Å². The third-order valence-electron chi connectivity index (χ3n) is 2.57. The molecule has 0 bridgehead atoms. The SMILES string of the molecule is CCN(CC)c1nc(Cl)nc(N(CC)C(C)=O)n1. The van der Waals surface area contributed by atoms with E-state index in [9.17, 15) is 4.79 Å². The van der Waals surface area contributed by atoms with Crippen molar-refractivity contribution in [3.8, 4) is 0 Å². The maximum Gasteiger partial charge on any atom is 0.238 e. The number of carbonyl (C=O) groups excluding carboxylic acids is 1. The molecule has 0 aliphatic heterocycles. The summed E-state index contributed by atoms with van der Waals surface area (Å²) in [7, 11) is 0. The molecule has 0 N–H and O–H groups in total. The molecule has 100 valence electrons. The van der Waals surface area contributed by atoms with Crippen molar-refractivity contribution in [1.82, 2.24) is 15.0 Å². The highest BCUT2D eigenvalue weighted by molar-refractivity contribution is 6.28. The fourth-order valence-electron chi connectivity index (χ4n) is 1.60. The lowest BCUT2D eigenvalue weighted by Gasteiger charge is -2.21. The molecule has 0 aliphatic rings. The lowest BCUT2D eigenvalue weighted by Crippen LogP contribution is -2.31. The number of aromatic nitrogens is 3. The lowest BCUT2D eigenvalue weighted by atomic mass is 10.5. The van der Waals surface area contributed by atoms with Gasteiger partial charge in [0, 0.05) is 26.6 Å². The van der Waals surface area contributed by atoms with Gasteiger partial charge in [-0.2, -0.15) is 15.0 Å². The Labute approximate surface area is 112 Å². The first-order chi connectivity index (χ1) is 8.53. The topological polar surface area (TPSA) is 62.2 Å². The first-order valence-corrected chi connectivity index (χ1v) is 6.35. The first kappa shape index (κ1) is 14.6. The number of anilines is 2. The minimum Gasteiger partial charge on any atom is -0.341 e. The minimum absolute atomic E-state index is 0.0987. The second-order valence-electron chi connectivity index (χ2n) is 3.64. The number of carbonyl (C=O) groups is 1. The molecule has 0 radical (unpaired) electrons. The van der Waals surface area contributed by atoms with E-state index in [1.54, 1.807) is 0 Å². The second-order valence-corrected chi connectivity index (χ2v) is 3.98. The van der Waals surface area contributed by atoms with Gasteiger partial charge in [0.25, 0.3) is 0 Å². The zero-order valence-corrected chi connectivity index (χ0v) is 11.9. The molecule has 0 spiro atoms. The fourth-order valence-corrected chi connectivity index (χ4v) is 1.75. The molecule has 1 amide bonds. The van der Waals surface area contributed by atoms with Crippen molar-refractivity contribution >= 4 is 29.4 Å². The highest BCUT2D eigenvalue weighted by Gasteiger charge is 2.16. The van der Waals surface area contributed by atoms with Crippen molar-refractivity contribution in [3.63, 3.8) is 0 Å². The van der Waals surface area contributed by atoms with Crippen LogP contribution in [0.1, 0.15) is 27.7 Å². The van der Waals surface area contributed by atoms with Crippen LogP contribution in [0.4, 0.5) is 11.9 Å². The normalized spacial score (nSPS) is 10.3. The van der Waals surface area contributed by atoms with E-state index in [2.05, 4.69) is 15.0 Å². The molecule has 0 unspecified atom stereocenters. The summed E-state index contributed by atoms with van der Waals surface area (Å²) in [5.74, 6) is 0.673. The summed E-state index contributed by atoms with van der Waals surface area (Å²) in [4.78, 5) is 27.3. The van der Waals surface area contributed by atoms with Crippen molar-refractivity contribution in [3.05, 3.63) is 5.28 Å². The Hall–Kier alpha value is -1.43. The molecule has 1 aromatic rings. The van der Waals surface area contributed by atoms with Crippen LogP contribution in [0.25, 0.3) is 0 Å². The largest absolute Gasteiger partial charge is 0.341 e. The second kappa shape index (κ2) is 6.49. The number of halogens is 1. The van der Waals surface area contributed by atoms with Crippen LogP contribution < -0.4 is 9.80 Å². The molecule has 0 aliphatic carbocycles. The number of amides is 1. The molecule has 0 fully saturated rings. The van der Waals surface area contributed by atoms with Gasteiger partial charge in [-0.3, -0.25) is 9.69 Å². The monoisotopic (exact) mass is 271 g/mol. The van der Waals surface area contributed by atoms with Crippen molar-refractivity contribution in [2.75, 3.05) is 29.4 Å². The summed E-state index contributed by atoms with van der Waals surface area (Å²) in [5.41, 5.74) is 0. The predicted octanol–water partition coefficient (Wildman–Crippen LogP) is 1.74. The van der Waals surface area contributed by atoms with Gasteiger partial charge in [-0.1, -0.05) is 0 Å². The summed E-state index contributed by atoms with van der Waals surface area (Å²) in [6.45, 7) is 9.36. The van der Waals surface area contributed by atoms with E-state index in [-0.39, 0.29) is 11.2 Å². The van der Waals surface area contributed by atoms with Gasteiger partial charge in [0.15, 0.2) is 0 Å². The van der Waals surface area contributed by atoms with Crippen LogP contribution in [-0.4, -0.2) is 40.5 Å². The molecule has 1 aromatic heterocycles. The van der Waals surface area contributed by atoms with Gasteiger partial charge in [0.1, 0.15) is 0 Å². The molecule has 0 saturated heterocycles. The predicted molar refractivity (Wildman–Crippen MR) is 72.1 cm³/mol. The third kappa shape index (κ3) is 3.29. The van der Waals surface area contributed by atoms with Crippen LogP contribution >= 0.6 is 11.6 Å². The Morgan fingerprint density at radius 3 is 2.06 bits per heavy atom. The summed E-state index contributed by atoms with van der Waals surface area (Å²) < 4.78 is 0. The fraction of sp³-hybridized carbons (Fsp3) is 0.636. The van der Waals surface area contributed by atoms with Crippen molar-refractivity contribution in [2.24, 2.45) is 0 Å². The molecule has 18 heavy (non-hydrogen) atoms. The van der Waals surface area contributed by atoms with E-state index in [0.717, 1.165) is 13.1 Å². The van der Waals surface area contributed by atoms with Gasteiger partial charge in [-0.15, -0.1) is 0 Å². The van der Waals surface area contributed by atoms with Crippen LogP contribution in [0.5, 0.6) is 0 Å². The highest BCUT2D eigenvalue weighted by atomic mass is 35.5. The smallest absolute Gasteiger partial charge is 0.238 e. The molecule has 6 nitrogen and oxygen atoms in total. The zero-order chi connectivity index (χ0) is 13.7. The molecule has 1 heterocycles. The number of hydrogen-bond acceptors (Lipinski definition) is 5. The van der Waals surface area contributed by atoms with Crippen LogP contribution in [-0.2, 0) is 4.79 Å². The van der Waals surface area contributed by atoms with E-state index in [1.807, 2.05) is 25.7 Å². The van der Waals surface area contributed by atoms with E-state index >= 15 is 0 Å². The lowest BCUT2D eigenvalue weighted by molar-refractivity contribution is -0.116. The average molecular weight is 272 g/mol. The molecule has 7 heteroatoms. The van der Waals surface area contributed by atoms with Gasteiger partial charge >= 0.3 is 0 Å². The van der Waals surface area contributed by atoms with Crippen molar-refractivity contribution in [2.45, 2.75) is 27.7 Å². The maximum atomic E-state index is 11.5. The summed E-state index contributed by atoms with van der Waals surface area (Å²) in [6.07, 6.45) is 0. The third-order valence-corrected chi connectivity index (χ3v) is 2.74. The molecule has 0 atom stereocenters. The van der Waals surface area contributed by atoms with Crippen LogP contribution in [0, 0.1) is 0 Å². The number of rotatable bonds is 5. The summed E-state index contributed by atoms with van der Waals surface area (Å²) in [5, 5.41) is 0.0987. The molecule has 0 aromatic carbocycles. The zero-order valence-electron chi connectivity index (χ0n) is 11.1. The standard InChI is InChI=1S/C11H18ClN5O/c1-5-16(6-2)10-13-9(12)14-11(15-10)17(7-3)8(4)18/h5-7H2,1-4H3. The highest BCUT2D eigenvalue weighted by Crippen LogP contribution is 2.16. The number of hydrogen-bond donors (Lipinski definition) is 0. The summed E-state index contributed by atoms with van der Waals surface area (Å²) >= 11 is 5.89. The van der Waals surface area contributed by atoms with E-state index in [0.29, 0.717) is 18.4 Å². The molecule has 0 saturated carbocycles. The maximum absolute atomic E-state index is 11.5. The minimum atomic E-state index is -0.120. The Balaban J connectivity index is 3.18. The molecular weight excluding hydrogens is 254 g/mol. The molecular formula is C11H18ClN5O. The Morgan fingerprint density at radius 1 is 1.06 bits per heavy atom. The first-order valence-electron chi connectivity index (χ1n) is 5.98. The van der Waals surface area contributed by atoms with E-state index in [1.165, 1.54) is 11.8 Å². The van der Waals surface area contributed by atoms with Crippen molar-refractivity contribution in [1.29, 1.82) is 0 Å². The van der Waals surface area contributed by atoms with Crippen LogP contribution in [0.15, 0.2) is 0 Å². The van der Waals surface area contributed by atoms with Gasteiger partial charge in [0.05, 0.1) is 0 Å². The number of nitrogens with zero attached hydrogens (tertiary/aromatic N) is 5. The van der Waals surface area contributed by atoms with Gasteiger partial charge in [-0.05, 0) is 32.4 Å². The van der Waals surface area contributed by atoms with Gasteiger partial charge in [0.2, 0.25) is 23.1 Å². The Bertz CT molecular complexity index is 422. The van der Waals surface area contributed by atoms with Crippen molar-refractivity contribution < 1.29 is 4.79 Å². The average Bonchev–Trinajstić information content (AvgIpc) is 2.30. The van der Waals surface area contributed by atoms with Crippen LogP contribution in [0.2, 0.25) is 5.28 Å². The Morgan fingerprint density at radius 2 is 1.61 bits per heavy atom. The summed E-state index contributed by atoms with van der Waals surface area (Å²) in [6, 6.07) is 0. The quantitative estimate of drug-likeness (QED) is 0.816. The van der Waals surface area contributed by atoms with Gasteiger partial charge < -0.3 is 4.90 Å². The Kier molecular flexibility index (Phi) is 5.27. The van der Waals surface area contributed by atoms with E-state index < -0.39 is 0 Å². The van der Waals surface area contributed by atoms with E-state index in [4.69, 9.17) is 11.6 Å². The van der Waals surface area contributed by atoms with Gasteiger partial charge in [-0.25, -0.2) is 0 Å².